The second kappa shape index (κ2) is 8.62. The smallest absolute Gasteiger partial charge is 0.274 e. The number of benzene rings is 2. The number of carbonyl (C=O) groups excluding carboxylic acids is 1. The molecule has 0 aliphatic heterocycles. The van der Waals surface area contributed by atoms with Crippen molar-refractivity contribution >= 4 is 35.0 Å². The van der Waals surface area contributed by atoms with Crippen LogP contribution in [0.15, 0.2) is 71.3 Å². The number of furan rings is 1. The number of ether oxygens (including phenoxy) is 1. The van der Waals surface area contributed by atoms with Gasteiger partial charge in [-0.3, -0.25) is 4.79 Å². The van der Waals surface area contributed by atoms with Gasteiger partial charge in [0, 0.05) is 16.7 Å². The molecule has 0 aliphatic carbocycles. The molecule has 9 heteroatoms. The second-order valence-corrected chi connectivity index (χ2v) is 6.56. The van der Waals surface area contributed by atoms with Crippen molar-refractivity contribution in [2.24, 2.45) is 0 Å². The molecule has 0 aliphatic rings. The van der Waals surface area contributed by atoms with E-state index in [2.05, 4.69) is 20.8 Å². The number of methoxy groups -OCH3 is 1. The third-order valence-corrected chi connectivity index (χ3v) is 4.43. The Hall–Kier alpha value is -3.91. The van der Waals surface area contributed by atoms with E-state index in [0.717, 1.165) is 5.56 Å². The van der Waals surface area contributed by atoms with E-state index in [-0.39, 0.29) is 5.70 Å². The summed E-state index contributed by atoms with van der Waals surface area (Å²) in [5.41, 5.74) is 1.31. The number of hydrogen-bond donors (Lipinski definition) is 1. The van der Waals surface area contributed by atoms with Crippen molar-refractivity contribution in [2.75, 3.05) is 12.4 Å². The summed E-state index contributed by atoms with van der Waals surface area (Å²) in [6.45, 7) is 0. The molecular weight excluding hydrogens is 406 g/mol. The maximum atomic E-state index is 13.3. The van der Waals surface area contributed by atoms with Crippen LogP contribution in [0, 0.1) is 0 Å². The Morgan fingerprint density at radius 1 is 1.17 bits per heavy atom. The highest BCUT2D eigenvalue weighted by Gasteiger charge is 2.21. The summed E-state index contributed by atoms with van der Waals surface area (Å²) in [4.78, 5) is 13.3. The quantitative estimate of drug-likeness (QED) is 0.468. The van der Waals surface area contributed by atoms with Gasteiger partial charge in [-0.2, -0.15) is 4.68 Å². The summed E-state index contributed by atoms with van der Waals surface area (Å²) in [6, 6.07) is 17.7. The first kappa shape index (κ1) is 19.4. The topological polar surface area (TPSA) is 95.1 Å². The van der Waals surface area contributed by atoms with Gasteiger partial charge >= 0.3 is 0 Å². The number of rotatable bonds is 6. The largest absolute Gasteiger partial charge is 0.495 e. The predicted octanol–water partition coefficient (Wildman–Crippen LogP) is 4.23. The lowest BCUT2D eigenvalue weighted by molar-refractivity contribution is -0.111. The highest BCUT2D eigenvalue weighted by Crippen LogP contribution is 2.29. The molecule has 1 amide bonds. The van der Waals surface area contributed by atoms with Crippen LogP contribution in [0.5, 0.6) is 5.75 Å². The lowest BCUT2D eigenvalue weighted by Gasteiger charge is -2.13. The fourth-order valence-electron chi connectivity index (χ4n) is 2.81. The van der Waals surface area contributed by atoms with Gasteiger partial charge in [0.2, 0.25) is 0 Å². The van der Waals surface area contributed by atoms with Gasteiger partial charge in [-0.25, -0.2) is 0 Å². The summed E-state index contributed by atoms with van der Waals surface area (Å²) in [5.74, 6) is 0.857. The van der Waals surface area contributed by atoms with Crippen molar-refractivity contribution in [3.63, 3.8) is 0 Å². The predicted molar refractivity (Wildman–Crippen MR) is 113 cm³/mol. The van der Waals surface area contributed by atoms with E-state index < -0.39 is 5.91 Å². The molecule has 1 N–H and O–H groups in total. The molecule has 0 saturated heterocycles. The number of tetrazole rings is 1. The monoisotopic (exact) mass is 421 g/mol. The van der Waals surface area contributed by atoms with Gasteiger partial charge in [0.1, 0.15) is 17.2 Å². The number of aromatic nitrogens is 4. The Bertz CT molecular complexity index is 1190. The van der Waals surface area contributed by atoms with Crippen LogP contribution >= 0.6 is 11.6 Å². The van der Waals surface area contributed by atoms with Crippen molar-refractivity contribution in [1.29, 1.82) is 0 Å². The number of nitrogens with one attached hydrogen (secondary N) is 1. The highest BCUT2D eigenvalue weighted by atomic mass is 35.5. The minimum atomic E-state index is -0.476. The van der Waals surface area contributed by atoms with E-state index in [9.17, 15) is 4.79 Å². The fraction of sp³-hybridized carbons (Fsp3) is 0.0476. The average Bonchev–Trinajstić information content (AvgIpc) is 3.45. The van der Waals surface area contributed by atoms with Crippen LogP contribution in [0.4, 0.5) is 5.69 Å². The first-order valence-corrected chi connectivity index (χ1v) is 9.28. The number of carbonyl (C=O) groups is 1. The minimum absolute atomic E-state index is 0.149. The number of hydrogen-bond acceptors (Lipinski definition) is 6. The van der Waals surface area contributed by atoms with Crippen molar-refractivity contribution in [3.05, 3.63) is 77.7 Å². The summed E-state index contributed by atoms with van der Waals surface area (Å²) in [6.07, 6.45) is 3.06. The number of amides is 1. The molecule has 8 nitrogen and oxygen atoms in total. The van der Waals surface area contributed by atoms with E-state index in [1.807, 2.05) is 30.3 Å². The third kappa shape index (κ3) is 4.08. The Kier molecular flexibility index (Phi) is 5.58. The lowest BCUT2D eigenvalue weighted by atomic mass is 10.2. The molecule has 0 atom stereocenters. The molecule has 4 rings (SSSR count). The van der Waals surface area contributed by atoms with Gasteiger partial charge in [-0.05, 0) is 40.8 Å². The van der Waals surface area contributed by atoms with E-state index >= 15 is 0 Å². The third-order valence-electron chi connectivity index (χ3n) is 4.19. The lowest BCUT2D eigenvalue weighted by Crippen LogP contribution is -2.19. The van der Waals surface area contributed by atoms with Crippen molar-refractivity contribution < 1.29 is 13.9 Å². The first-order chi connectivity index (χ1) is 14.7. The standard InChI is InChI=1S/C21H16ClN5O3/c1-29-19-10-9-15(22)12-17(19)23-21(28)18(13-16-8-5-11-30-16)27-20(24-25-26-27)14-6-3-2-4-7-14/h2-13H,1H3,(H,23,28)/b18-13-. The highest BCUT2D eigenvalue weighted by molar-refractivity contribution is 6.31. The van der Waals surface area contributed by atoms with Gasteiger partial charge in [-0.15, -0.1) is 5.10 Å². The zero-order valence-corrected chi connectivity index (χ0v) is 16.6. The maximum absolute atomic E-state index is 13.3. The summed E-state index contributed by atoms with van der Waals surface area (Å²) in [5, 5.41) is 15.1. The van der Waals surface area contributed by atoms with Crippen molar-refractivity contribution in [2.45, 2.75) is 0 Å². The molecular formula is C21H16ClN5O3. The van der Waals surface area contributed by atoms with Crippen LogP contribution in [0.2, 0.25) is 5.02 Å². The van der Waals surface area contributed by atoms with Gasteiger partial charge < -0.3 is 14.5 Å². The minimum Gasteiger partial charge on any atom is -0.495 e. The van der Waals surface area contributed by atoms with Gasteiger partial charge in [0.25, 0.3) is 5.91 Å². The molecule has 2 aromatic carbocycles. The molecule has 30 heavy (non-hydrogen) atoms. The normalized spacial score (nSPS) is 11.3. The van der Waals surface area contributed by atoms with Crippen LogP contribution in [0.25, 0.3) is 23.2 Å². The summed E-state index contributed by atoms with van der Waals surface area (Å²) < 4.78 is 12.1. The van der Waals surface area contributed by atoms with Crippen LogP contribution in [0.3, 0.4) is 0 Å². The Labute approximate surface area is 176 Å². The molecule has 2 heterocycles. The average molecular weight is 422 g/mol. The molecule has 4 aromatic rings. The summed E-state index contributed by atoms with van der Waals surface area (Å²) in [7, 11) is 1.51. The Morgan fingerprint density at radius 3 is 2.73 bits per heavy atom. The van der Waals surface area contributed by atoms with E-state index in [4.69, 9.17) is 20.8 Å². The van der Waals surface area contributed by atoms with Gasteiger partial charge in [0.15, 0.2) is 5.82 Å². The Balaban J connectivity index is 1.77. The zero-order valence-electron chi connectivity index (χ0n) is 15.8. The molecule has 2 aromatic heterocycles. The fourth-order valence-corrected chi connectivity index (χ4v) is 2.98. The van der Waals surface area contributed by atoms with Crippen LogP contribution in [-0.4, -0.2) is 33.2 Å². The maximum Gasteiger partial charge on any atom is 0.274 e. The number of nitrogens with zero attached hydrogens (tertiary/aromatic N) is 4. The molecule has 150 valence electrons. The van der Waals surface area contributed by atoms with Crippen LogP contribution < -0.4 is 10.1 Å². The van der Waals surface area contributed by atoms with E-state index in [0.29, 0.717) is 28.0 Å². The Morgan fingerprint density at radius 2 is 2.00 bits per heavy atom. The second-order valence-electron chi connectivity index (χ2n) is 6.12. The van der Waals surface area contributed by atoms with E-state index in [1.165, 1.54) is 18.1 Å². The van der Waals surface area contributed by atoms with Gasteiger partial charge in [0.05, 0.1) is 19.1 Å². The molecule has 0 spiro atoms. The molecule has 0 fully saturated rings. The first-order valence-electron chi connectivity index (χ1n) is 8.90. The van der Waals surface area contributed by atoms with Gasteiger partial charge in [-0.1, -0.05) is 41.9 Å². The van der Waals surface area contributed by atoms with Crippen molar-refractivity contribution in [3.8, 4) is 17.1 Å². The summed E-state index contributed by atoms with van der Waals surface area (Å²) >= 11 is 6.08. The molecule has 0 bridgehead atoms. The number of halogens is 1. The van der Waals surface area contributed by atoms with Crippen LogP contribution in [0.1, 0.15) is 5.76 Å². The molecule has 0 radical (unpaired) electrons. The molecule has 0 unspecified atom stereocenters. The SMILES string of the molecule is COc1ccc(Cl)cc1NC(=O)/C(=C/c1ccco1)n1nnnc1-c1ccccc1. The number of anilines is 1. The molecule has 0 saturated carbocycles. The van der Waals surface area contributed by atoms with Crippen LogP contribution in [-0.2, 0) is 4.79 Å². The zero-order chi connectivity index (χ0) is 20.9. The van der Waals surface area contributed by atoms with Crippen molar-refractivity contribution in [1.82, 2.24) is 20.2 Å². The van der Waals surface area contributed by atoms with E-state index in [1.54, 1.807) is 36.4 Å².